The van der Waals surface area contributed by atoms with Gasteiger partial charge in [0.05, 0.1) is 0 Å². The highest BCUT2D eigenvalue weighted by molar-refractivity contribution is 5.10. The number of anilines is 1. The van der Waals surface area contributed by atoms with E-state index in [2.05, 4.69) is 37.8 Å². The van der Waals surface area contributed by atoms with Crippen LogP contribution in [0.4, 0.5) is 5.95 Å². The predicted molar refractivity (Wildman–Crippen MR) is 55.7 cm³/mol. The zero-order chi connectivity index (χ0) is 10.8. The molecule has 80 valence electrons. The third-order valence-corrected chi connectivity index (χ3v) is 1.97. The van der Waals surface area contributed by atoms with E-state index in [4.69, 9.17) is 10.3 Å². The van der Waals surface area contributed by atoms with Gasteiger partial charge in [-0.25, -0.2) is 0 Å². The van der Waals surface area contributed by atoms with Crippen molar-refractivity contribution in [2.75, 3.05) is 5.73 Å². The van der Waals surface area contributed by atoms with Gasteiger partial charge < -0.3 is 10.3 Å². The van der Waals surface area contributed by atoms with Crippen molar-refractivity contribution in [3.63, 3.8) is 0 Å². The third-order valence-electron chi connectivity index (χ3n) is 1.97. The number of nitrogen functional groups attached to an aromatic ring is 1. The van der Waals surface area contributed by atoms with Crippen molar-refractivity contribution < 1.29 is 4.52 Å². The maximum absolute atomic E-state index is 5.37. The molecule has 1 unspecified atom stereocenters. The molecule has 0 amide bonds. The summed E-state index contributed by atoms with van der Waals surface area (Å²) in [5.74, 6) is 1.40. The molecule has 0 saturated carbocycles. The van der Waals surface area contributed by atoms with Crippen LogP contribution >= 0.6 is 0 Å². The van der Waals surface area contributed by atoms with Crippen molar-refractivity contribution >= 4 is 5.95 Å². The standard InChI is InChI=1S/C10H19N3O/c1-7(6-10(2,3)4)5-8-12-9(11)13-14-8/h7H,5-6H2,1-4H3,(H2,11,13). The second kappa shape index (κ2) is 3.98. The molecule has 14 heavy (non-hydrogen) atoms. The minimum absolute atomic E-state index is 0.225. The fraction of sp³-hybridized carbons (Fsp3) is 0.800. The van der Waals surface area contributed by atoms with Gasteiger partial charge >= 0.3 is 0 Å². The van der Waals surface area contributed by atoms with Crippen LogP contribution in [0.25, 0.3) is 0 Å². The molecule has 1 aromatic heterocycles. The quantitative estimate of drug-likeness (QED) is 0.807. The first kappa shape index (κ1) is 11.0. The lowest BCUT2D eigenvalue weighted by Gasteiger charge is -2.21. The van der Waals surface area contributed by atoms with Crippen LogP contribution in [0, 0.1) is 11.3 Å². The number of hydrogen-bond acceptors (Lipinski definition) is 4. The summed E-state index contributed by atoms with van der Waals surface area (Å²) in [6.07, 6.45) is 1.94. The molecule has 0 bridgehead atoms. The first-order valence-corrected chi connectivity index (χ1v) is 4.95. The van der Waals surface area contributed by atoms with E-state index >= 15 is 0 Å². The van der Waals surface area contributed by atoms with E-state index in [9.17, 15) is 0 Å². The molecule has 0 aliphatic rings. The molecular weight excluding hydrogens is 178 g/mol. The molecule has 2 N–H and O–H groups in total. The van der Waals surface area contributed by atoms with Crippen LogP contribution in [-0.2, 0) is 6.42 Å². The molecule has 0 aliphatic carbocycles. The Bertz CT molecular complexity index is 288. The molecule has 1 heterocycles. The van der Waals surface area contributed by atoms with Gasteiger partial charge in [-0.15, -0.1) is 0 Å². The molecule has 0 spiro atoms. The highest BCUT2D eigenvalue weighted by Gasteiger charge is 2.17. The van der Waals surface area contributed by atoms with Gasteiger partial charge in [0.15, 0.2) is 0 Å². The Hall–Kier alpha value is -1.06. The van der Waals surface area contributed by atoms with Gasteiger partial charge in [-0.2, -0.15) is 4.98 Å². The van der Waals surface area contributed by atoms with Gasteiger partial charge in [-0.1, -0.05) is 27.7 Å². The summed E-state index contributed by atoms with van der Waals surface area (Å²) >= 11 is 0. The average Bonchev–Trinajstić information content (AvgIpc) is 2.30. The Kier molecular flexibility index (Phi) is 3.13. The number of nitrogens with zero attached hydrogens (tertiary/aromatic N) is 2. The number of nitrogens with two attached hydrogens (primary N) is 1. The summed E-state index contributed by atoms with van der Waals surface area (Å²) in [6.45, 7) is 8.87. The monoisotopic (exact) mass is 197 g/mol. The smallest absolute Gasteiger partial charge is 0.260 e. The molecule has 1 rings (SSSR count). The summed E-state index contributed by atoms with van der Waals surface area (Å²) < 4.78 is 4.96. The van der Waals surface area contributed by atoms with E-state index in [0.717, 1.165) is 12.8 Å². The van der Waals surface area contributed by atoms with Gasteiger partial charge in [0, 0.05) is 6.42 Å². The minimum atomic E-state index is 0.225. The van der Waals surface area contributed by atoms with Crippen molar-refractivity contribution in [2.24, 2.45) is 11.3 Å². The average molecular weight is 197 g/mol. The van der Waals surface area contributed by atoms with Crippen LogP contribution in [-0.4, -0.2) is 10.1 Å². The maximum Gasteiger partial charge on any atom is 0.260 e. The van der Waals surface area contributed by atoms with Gasteiger partial charge in [0.2, 0.25) is 5.89 Å². The lowest BCUT2D eigenvalue weighted by molar-refractivity contribution is 0.283. The van der Waals surface area contributed by atoms with Crippen LogP contribution in [0.2, 0.25) is 0 Å². The Morgan fingerprint density at radius 1 is 1.43 bits per heavy atom. The van der Waals surface area contributed by atoms with E-state index in [1.165, 1.54) is 0 Å². The van der Waals surface area contributed by atoms with Crippen LogP contribution in [0.3, 0.4) is 0 Å². The first-order chi connectivity index (χ1) is 6.37. The highest BCUT2D eigenvalue weighted by atomic mass is 16.5. The molecule has 0 radical (unpaired) electrons. The molecule has 0 fully saturated rings. The molecule has 1 atom stereocenters. The molecule has 4 nitrogen and oxygen atoms in total. The van der Waals surface area contributed by atoms with Gasteiger partial charge in [-0.3, -0.25) is 0 Å². The van der Waals surface area contributed by atoms with Crippen molar-refractivity contribution in [2.45, 2.75) is 40.5 Å². The van der Waals surface area contributed by atoms with Crippen molar-refractivity contribution in [3.05, 3.63) is 5.89 Å². The second-order valence-electron chi connectivity index (χ2n) is 5.12. The van der Waals surface area contributed by atoms with E-state index in [-0.39, 0.29) is 5.95 Å². The molecule has 4 heteroatoms. The van der Waals surface area contributed by atoms with E-state index in [1.807, 2.05) is 0 Å². The topological polar surface area (TPSA) is 64.9 Å². The molecular formula is C10H19N3O. The minimum Gasteiger partial charge on any atom is -0.365 e. The molecule has 1 aromatic rings. The fourth-order valence-electron chi connectivity index (χ4n) is 1.77. The first-order valence-electron chi connectivity index (χ1n) is 4.95. The molecule has 0 saturated heterocycles. The van der Waals surface area contributed by atoms with E-state index < -0.39 is 0 Å². The largest absolute Gasteiger partial charge is 0.365 e. The summed E-state index contributed by atoms with van der Waals surface area (Å²) in [7, 11) is 0. The molecule has 0 aromatic carbocycles. The number of rotatable bonds is 3. The predicted octanol–water partition coefficient (Wildman–Crippen LogP) is 2.27. The van der Waals surface area contributed by atoms with Crippen molar-refractivity contribution in [1.29, 1.82) is 0 Å². The lowest BCUT2D eigenvalue weighted by atomic mass is 9.84. The van der Waals surface area contributed by atoms with Gasteiger partial charge in [-0.05, 0) is 22.9 Å². The summed E-state index contributed by atoms with van der Waals surface area (Å²) in [6, 6.07) is 0. The fourth-order valence-corrected chi connectivity index (χ4v) is 1.77. The van der Waals surface area contributed by atoms with E-state index in [1.54, 1.807) is 0 Å². The van der Waals surface area contributed by atoms with Crippen LogP contribution in [0.15, 0.2) is 4.52 Å². The van der Waals surface area contributed by atoms with E-state index in [0.29, 0.717) is 17.2 Å². The summed E-state index contributed by atoms with van der Waals surface area (Å²) in [4.78, 5) is 3.98. The highest BCUT2D eigenvalue weighted by Crippen LogP contribution is 2.25. The maximum atomic E-state index is 5.37. The number of aromatic nitrogens is 2. The number of hydrogen-bond donors (Lipinski definition) is 1. The zero-order valence-electron chi connectivity index (χ0n) is 9.37. The van der Waals surface area contributed by atoms with Crippen LogP contribution in [0.5, 0.6) is 0 Å². The van der Waals surface area contributed by atoms with Crippen LogP contribution in [0.1, 0.15) is 40.0 Å². The SMILES string of the molecule is CC(Cc1nc(N)no1)CC(C)(C)C. The summed E-state index contributed by atoms with van der Waals surface area (Å²) in [5, 5.41) is 3.56. The van der Waals surface area contributed by atoms with Gasteiger partial charge in [0.1, 0.15) is 0 Å². The third kappa shape index (κ3) is 3.77. The zero-order valence-corrected chi connectivity index (χ0v) is 9.37. The Morgan fingerprint density at radius 2 is 2.07 bits per heavy atom. The van der Waals surface area contributed by atoms with Crippen molar-refractivity contribution in [3.8, 4) is 0 Å². The second-order valence-corrected chi connectivity index (χ2v) is 5.12. The lowest BCUT2D eigenvalue weighted by Crippen LogP contribution is -2.12. The Morgan fingerprint density at radius 3 is 2.50 bits per heavy atom. The Labute approximate surface area is 84.9 Å². The summed E-state index contributed by atoms with van der Waals surface area (Å²) in [5.41, 5.74) is 5.70. The van der Waals surface area contributed by atoms with Crippen LogP contribution < -0.4 is 5.73 Å². The molecule has 0 aliphatic heterocycles. The van der Waals surface area contributed by atoms with Crippen molar-refractivity contribution in [1.82, 2.24) is 10.1 Å². The Balaban J connectivity index is 2.45. The normalized spacial score (nSPS) is 14.3. The van der Waals surface area contributed by atoms with Gasteiger partial charge in [0.25, 0.3) is 5.95 Å².